The average molecular weight is 326 g/mol. The van der Waals surface area contributed by atoms with Crippen LogP contribution < -0.4 is 16.2 Å². The van der Waals surface area contributed by atoms with Crippen molar-refractivity contribution in [2.24, 2.45) is 0 Å². The number of benzene rings is 1. The van der Waals surface area contributed by atoms with Gasteiger partial charge in [-0.25, -0.2) is 4.98 Å². The van der Waals surface area contributed by atoms with Crippen molar-refractivity contribution in [3.05, 3.63) is 64.6 Å². The first kappa shape index (κ1) is 15.5. The summed E-state index contributed by atoms with van der Waals surface area (Å²) < 4.78 is 4.95. The van der Waals surface area contributed by atoms with Gasteiger partial charge in [0.2, 0.25) is 0 Å². The lowest BCUT2D eigenvalue weighted by molar-refractivity contribution is 0.0907. The van der Waals surface area contributed by atoms with Gasteiger partial charge in [0.05, 0.1) is 17.2 Å². The number of carbonyl (C=O) groups is 2. The summed E-state index contributed by atoms with van der Waals surface area (Å²) in [6.07, 6.45) is 1.40. The highest BCUT2D eigenvalue weighted by Crippen LogP contribution is 2.05. The predicted molar refractivity (Wildman–Crippen MR) is 85.7 cm³/mol. The monoisotopic (exact) mass is 326 g/mol. The van der Waals surface area contributed by atoms with Gasteiger partial charge in [0, 0.05) is 13.1 Å². The Bertz CT molecular complexity index is 931. The molecule has 8 heteroatoms. The fourth-order valence-electron chi connectivity index (χ4n) is 2.12. The number of amides is 2. The number of para-hydroxylation sites is 1. The maximum Gasteiger partial charge on any atom is 0.287 e. The summed E-state index contributed by atoms with van der Waals surface area (Å²) in [4.78, 5) is 42.1. The average Bonchev–Trinajstić information content (AvgIpc) is 3.13. The SMILES string of the molecule is O=C(NCCNC(=O)c1ccco1)c1nc2ccccc2c(=O)[nH]1. The number of hydrogen-bond acceptors (Lipinski definition) is 5. The van der Waals surface area contributed by atoms with E-state index in [9.17, 15) is 14.4 Å². The number of hydrogen-bond donors (Lipinski definition) is 3. The molecule has 2 heterocycles. The Morgan fingerprint density at radius 3 is 2.54 bits per heavy atom. The number of aromatic amines is 1. The van der Waals surface area contributed by atoms with E-state index < -0.39 is 5.91 Å². The lowest BCUT2D eigenvalue weighted by Crippen LogP contribution is -2.35. The number of nitrogens with zero attached hydrogens (tertiary/aromatic N) is 1. The summed E-state index contributed by atoms with van der Waals surface area (Å²) in [5, 5.41) is 5.58. The van der Waals surface area contributed by atoms with Crippen LogP contribution in [0, 0.1) is 0 Å². The fraction of sp³-hybridized carbons (Fsp3) is 0.125. The minimum Gasteiger partial charge on any atom is -0.459 e. The van der Waals surface area contributed by atoms with Crippen LogP contribution in [-0.2, 0) is 0 Å². The number of carbonyl (C=O) groups excluding carboxylic acids is 2. The summed E-state index contributed by atoms with van der Waals surface area (Å²) in [5.74, 6) is -0.769. The number of H-pyrrole nitrogens is 1. The second-order valence-corrected chi connectivity index (χ2v) is 4.92. The van der Waals surface area contributed by atoms with Crippen LogP contribution in [0.5, 0.6) is 0 Å². The number of nitrogens with one attached hydrogen (secondary N) is 3. The van der Waals surface area contributed by atoms with Crippen LogP contribution >= 0.6 is 0 Å². The standard InChI is InChI=1S/C16H14N4O4/c21-14-10-4-1-2-5-11(10)19-13(20-14)16(23)18-8-7-17-15(22)12-6-3-9-24-12/h1-6,9H,7-8H2,(H,17,22)(H,18,23)(H,19,20,21). The Labute approximate surface area is 135 Å². The van der Waals surface area contributed by atoms with Gasteiger partial charge in [-0.2, -0.15) is 0 Å². The van der Waals surface area contributed by atoms with E-state index in [1.54, 1.807) is 30.3 Å². The van der Waals surface area contributed by atoms with E-state index in [1.165, 1.54) is 12.3 Å². The first-order valence-electron chi connectivity index (χ1n) is 7.24. The quantitative estimate of drug-likeness (QED) is 0.596. The lowest BCUT2D eigenvalue weighted by atomic mass is 10.2. The zero-order chi connectivity index (χ0) is 16.9. The predicted octanol–water partition coefficient (Wildman–Crippen LogP) is 0.676. The summed E-state index contributed by atoms with van der Waals surface area (Å²) in [7, 11) is 0. The Hall–Kier alpha value is -3.42. The summed E-state index contributed by atoms with van der Waals surface area (Å²) >= 11 is 0. The maximum absolute atomic E-state index is 12.0. The lowest BCUT2D eigenvalue weighted by Gasteiger charge is -2.06. The first-order valence-corrected chi connectivity index (χ1v) is 7.24. The zero-order valence-electron chi connectivity index (χ0n) is 12.5. The van der Waals surface area contributed by atoms with E-state index in [-0.39, 0.29) is 36.1 Å². The molecule has 3 N–H and O–H groups in total. The molecule has 0 bridgehead atoms. The third-order valence-electron chi connectivity index (χ3n) is 3.27. The van der Waals surface area contributed by atoms with Gasteiger partial charge in [-0.3, -0.25) is 14.4 Å². The van der Waals surface area contributed by atoms with Crippen LogP contribution in [-0.4, -0.2) is 34.9 Å². The highest BCUT2D eigenvalue weighted by molar-refractivity contribution is 5.93. The smallest absolute Gasteiger partial charge is 0.287 e. The van der Waals surface area contributed by atoms with E-state index in [2.05, 4.69) is 20.6 Å². The number of rotatable bonds is 5. The van der Waals surface area contributed by atoms with Crippen molar-refractivity contribution in [1.29, 1.82) is 0 Å². The van der Waals surface area contributed by atoms with Gasteiger partial charge in [-0.05, 0) is 24.3 Å². The maximum atomic E-state index is 12.0. The van der Waals surface area contributed by atoms with Crippen LogP contribution in [0.15, 0.2) is 51.9 Å². The van der Waals surface area contributed by atoms with Gasteiger partial charge in [-0.1, -0.05) is 12.1 Å². The summed E-state index contributed by atoms with van der Waals surface area (Å²) in [6, 6.07) is 9.90. The Morgan fingerprint density at radius 1 is 1.04 bits per heavy atom. The molecule has 0 aliphatic rings. The van der Waals surface area contributed by atoms with Gasteiger partial charge in [0.25, 0.3) is 17.4 Å². The molecule has 2 amide bonds. The molecule has 8 nitrogen and oxygen atoms in total. The minimum absolute atomic E-state index is 0.0731. The normalized spacial score (nSPS) is 10.5. The Kier molecular flexibility index (Phi) is 4.37. The first-order chi connectivity index (χ1) is 11.6. The van der Waals surface area contributed by atoms with Gasteiger partial charge < -0.3 is 20.0 Å². The van der Waals surface area contributed by atoms with Crippen molar-refractivity contribution in [1.82, 2.24) is 20.6 Å². The van der Waals surface area contributed by atoms with Crippen LogP contribution in [0.3, 0.4) is 0 Å². The molecule has 3 aromatic rings. The number of furan rings is 1. The van der Waals surface area contributed by atoms with E-state index in [1.807, 2.05) is 0 Å². The summed E-state index contributed by atoms with van der Waals surface area (Å²) in [5.41, 5.74) is 0.0643. The molecule has 0 aliphatic carbocycles. The molecular weight excluding hydrogens is 312 g/mol. The van der Waals surface area contributed by atoms with E-state index in [0.717, 1.165) is 0 Å². The largest absolute Gasteiger partial charge is 0.459 e. The van der Waals surface area contributed by atoms with Crippen LogP contribution in [0.25, 0.3) is 10.9 Å². The van der Waals surface area contributed by atoms with Crippen molar-refractivity contribution in [2.75, 3.05) is 13.1 Å². The van der Waals surface area contributed by atoms with Crippen molar-refractivity contribution in [2.45, 2.75) is 0 Å². The van der Waals surface area contributed by atoms with Crippen LogP contribution in [0.2, 0.25) is 0 Å². The molecular formula is C16H14N4O4. The van der Waals surface area contributed by atoms with Crippen molar-refractivity contribution >= 4 is 22.7 Å². The molecule has 0 aliphatic heterocycles. The molecule has 0 atom stereocenters. The molecule has 1 aromatic carbocycles. The molecule has 0 saturated carbocycles. The van der Waals surface area contributed by atoms with Gasteiger partial charge >= 0.3 is 0 Å². The van der Waals surface area contributed by atoms with E-state index >= 15 is 0 Å². The molecule has 3 rings (SSSR count). The molecule has 2 aromatic heterocycles. The highest BCUT2D eigenvalue weighted by Gasteiger charge is 2.11. The third kappa shape index (κ3) is 3.32. The zero-order valence-corrected chi connectivity index (χ0v) is 12.5. The number of fused-ring (bicyclic) bond motifs is 1. The molecule has 122 valence electrons. The molecule has 0 unspecified atom stereocenters. The highest BCUT2D eigenvalue weighted by atomic mass is 16.3. The van der Waals surface area contributed by atoms with E-state index in [0.29, 0.717) is 10.9 Å². The van der Waals surface area contributed by atoms with Gasteiger partial charge in [0.1, 0.15) is 0 Å². The molecule has 0 saturated heterocycles. The van der Waals surface area contributed by atoms with Crippen molar-refractivity contribution in [3.63, 3.8) is 0 Å². The Balaban J connectivity index is 1.57. The van der Waals surface area contributed by atoms with Gasteiger partial charge in [0.15, 0.2) is 11.6 Å². The Morgan fingerprint density at radius 2 is 1.79 bits per heavy atom. The molecule has 0 fully saturated rings. The van der Waals surface area contributed by atoms with E-state index in [4.69, 9.17) is 4.42 Å². The van der Waals surface area contributed by atoms with Crippen molar-refractivity contribution in [3.8, 4) is 0 Å². The molecule has 24 heavy (non-hydrogen) atoms. The number of aromatic nitrogens is 2. The summed E-state index contributed by atoms with van der Waals surface area (Å²) in [6.45, 7) is 0.394. The minimum atomic E-state index is -0.523. The van der Waals surface area contributed by atoms with Crippen LogP contribution in [0.4, 0.5) is 0 Å². The van der Waals surface area contributed by atoms with Crippen LogP contribution in [0.1, 0.15) is 21.2 Å². The van der Waals surface area contributed by atoms with Crippen molar-refractivity contribution < 1.29 is 14.0 Å². The van der Waals surface area contributed by atoms with Gasteiger partial charge in [-0.15, -0.1) is 0 Å². The second kappa shape index (κ2) is 6.78. The third-order valence-corrected chi connectivity index (χ3v) is 3.27. The topological polar surface area (TPSA) is 117 Å². The molecule has 0 spiro atoms. The second-order valence-electron chi connectivity index (χ2n) is 4.92. The molecule has 0 radical (unpaired) electrons. The fourth-order valence-corrected chi connectivity index (χ4v) is 2.12.